The third kappa shape index (κ3) is 10.6. The lowest BCUT2D eigenvalue weighted by molar-refractivity contribution is 0.164. The molecular weight excluding hydrogens is 308 g/mol. The van der Waals surface area contributed by atoms with Gasteiger partial charge in [0, 0.05) is 13.2 Å². The van der Waals surface area contributed by atoms with Crippen molar-refractivity contribution in [3.63, 3.8) is 0 Å². The molecule has 23 heavy (non-hydrogen) atoms. The van der Waals surface area contributed by atoms with Crippen LogP contribution in [-0.2, 0) is 18.3 Å². The lowest BCUT2D eigenvalue weighted by Crippen LogP contribution is -2.42. The van der Waals surface area contributed by atoms with Crippen LogP contribution in [0.5, 0.6) is 0 Å². The molecule has 136 valence electrons. The molecule has 0 atom stereocenters. The molecule has 4 nitrogen and oxygen atoms in total. The van der Waals surface area contributed by atoms with E-state index in [4.69, 9.17) is 18.3 Å². The van der Waals surface area contributed by atoms with Gasteiger partial charge in [-0.2, -0.15) is 0 Å². The number of hydrogen-bond acceptors (Lipinski definition) is 4. The Morgan fingerprint density at radius 2 is 1.17 bits per heavy atom. The maximum Gasteiger partial charge on any atom is 0.338 e. The molecule has 0 spiro atoms. The van der Waals surface area contributed by atoms with Gasteiger partial charge in [0.25, 0.3) is 0 Å². The lowest BCUT2D eigenvalue weighted by atomic mass is 10.5. The summed E-state index contributed by atoms with van der Waals surface area (Å²) >= 11 is 0. The standard InChI is InChI=1S/C18H36O4Si/c1-7-17(5)19-13-11-15-23(21-9-3,22-10-4)16-12-14-20-18(6)8-2/h7-8H,9-16H2,1-6H3/b17-7-,18-8-. The number of ether oxygens (including phenoxy) is 2. The molecule has 0 N–H and O–H groups in total. The van der Waals surface area contributed by atoms with Crippen LogP contribution in [0.1, 0.15) is 54.4 Å². The average molecular weight is 345 g/mol. The lowest BCUT2D eigenvalue weighted by Gasteiger charge is -2.30. The first-order chi connectivity index (χ1) is 11.0. The van der Waals surface area contributed by atoms with E-state index in [1.807, 2.05) is 53.7 Å². The van der Waals surface area contributed by atoms with E-state index in [0.29, 0.717) is 13.2 Å². The monoisotopic (exact) mass is 344 g/mol. The van der Waals surface area contributed by atoms with Gasteiger partial charge in [-0.3, -0.25) is 0 Å². The van der Waals surface area contributed by atoms with Gasteiger partial charge in [0.2, 0.25) is 0 Å². The maximum absolute atomic E-state index is 6.11. The van der Waals surface area contributed by atoms with Crippen LogP contribution in [0.2, 0.25) is 12.1 Å². The van der Waals surface area contributed by atoms with Gasteiger partial charge in [-0.25, -0.2) is 0 Å². The van der Waals surface area contributed by atoms with Crippen molar-refractivity contribution in [2.45, 2.75) is 66.5 Å². The molecule has 0 unspecified atom stereocenters. The topological polar surface area (TPSA) is 36.9 Å². The predicted molar refractivity (Wildman–Crippen MR) is 98.6 cm³/mol. The molecule has 5 heteroatoms. The summed E-state index contributed by atoms with van der Waals surface area (Å²) in [5, 5.41) is 0. The fraction of sp³-hybridized carbons (Fsp3) is 0.778. The van der Waals surface area contributed by atoms with Gasteiger partial charge in [0.15, 0.2) is 0 Å². The van der Waals surface area contributed by atoms with E-state index in [0.717, 1.165) is 49.7 Å². The van der Waals surface area contributed by atoms with Crippen molar-refractivity contribution in [2.75, 3.05) is 26.4 Å². The minimum Gasteiger partial charge on any atom is -0.499 e. The molecule has 0 amide bonds. The van der Waals surface area contributed by atoms with Crippen LogP contribution in [0, 0.1) is 0 Å². The van der Waals surface area contributed by atoms with Crippen LogP contribution in [0.15, 0.2) is 23.7 Å². The molecule has 0 aromatic carbocycles. The summed E-state index contributed by atoms with van der Waals surface area (Å²) in [6.45, 7) is 14.9. The molecule has 0 saturated heterocycles. The van der Waals surface area contributed by atoms with Gasteiger partial charge < -0.3 is 18.3 Å². The van der Waals surface area contributed by atoms with Gasteiger partial charge in [-0.05, 0) is 66.5 Å². The van der Waals surface area contributed by atoms with E-state index in [9.17, 15) is 0 Å². The molecule has 0 heterocycles. The zero-order valence-electron chi connectivity index (χ0n) is 15.9. The summed E-state index contributed by atoms with van der Waals surface area (Å²) in [6, 6.07) is 1.93. The molecule has 0 radical (unpaired) electrons. The molecule has 0 rings (SSSR count). The van der Waals surface area contributed by atoms with Crippen LogP contribution in [0.4, 0.5) is 0 Å². The van der Waals surface area contributed by atoms with Gasteiger partial charge in [-0.15, -0.1) is 0 Å². The predicted octanol–water partition coefficient (Wildman–Crippen LogP) is 5.16. The molecule has 0 saturated carbocycles. The van der Waals surface area contributed by atoms with Crippen LogP contribution >= 0.6 is 0 Å². The van der Waals surface area contributed by atoms with Crippen LogP contribution in [0.3, 0.4) is 0 Å². The molecular formula is C18H36O4Si. The first kappa shape index (κ1) is 22.2. The molecule has 0 aromatic heterocycles. The summed E-state index contributed by atoms with van der Waals surface area (Å²) in [5.74, 6) is 1.95. The van der Waals surface area contributed by atoms with Gasteiger partial charge >= 0.3 is 8.56 Å². The summed E-state index contributed by atoms with van der Waals surface area (Å²) < 4.78 is 23.5. The van der Waals surface area contributed by atoms with E-state index >= 15 is 0 Å². The van der Waals surface area contributed by atoms with Crippen molar-refractivity contribution in [1.29, 1.82) is 0 Å². The smallest absolute Gasteiger partial charge is 0.338 e. The second-order valence-electron chi connectivity index (χ2n) is 5.48. The Labute approximate surface area is 144 Å². The SMILES string of the molecule is C/C=C(/C)OCCC[Si](CCCO/C(C)=C\C)(OCC)OCC. The van der Waals surface area contributed by atoms with Gasteiger partial charge in [0.05, 0.1) is 24.7 Å². The minimum absolute atomic E-state index is 0.704. The molecule has 0 aliphatic heterocycles. The molecule has 0 aliphatic carbocycles. The summed E-state index contributed by atoms with van der Waals surface area (Å²) in [6.07, 6.45) is 5.89. The van der Waals surface area contributed by atoms with E-state index in [-0.39, 0.29) is 0 Å². The van der Waals surface area contributed by atoms with E-state index in [1.165, 1.54) is 0 Å². The highest BCUT2D eigenvalue weighted by Crippen LogP contribution is 2.23. The first-order valence-electron chi connectivity index (χ1n) is 8.82. The third-order valence-electron chi connectivity index (χ3n) is 3.69. The minimum atomic E-state index is -2.16. The second kappa shape index (κ2) is 13.6. The molecule has 0 fully saturated rings. The Morgan fingerprint density at radius 1 is 0.783 bits per heavy atom. The van der Waals surface area contributed by atoms with Crippen LogP contribution in [0.25, 0.3) is 0 Å². The van der Waals surface area contributed by atoms with Crippen LogP contribution < -0.4 is 0 Å². The zero-order chi connectivity index (χ0) is 17.6. The van der Waals surface area contributed by atoms with Crippen molar-refractivity contribution in [3.05, 3.63) is 23.7 Å². The summed E-state index contributed by atoms with van der Waals surface area (Å²) in [5.41, 5.74) is 0. The fourth-order valence-electron chi connectivity index (χ4n) is 2.30. The number of hydrogen-bond donors (Lipinski definition) is 0. The quantitative estimate of drug-likeness (QED) is 0.248. The van der Waals surface area contributed by atoms with Crippen LogP contribution in [-0.4, -0.2) is 35.0 Å². The first-order valence-corrected chi connectivity index (χ1v) is 11.1. The molecule has 0 aromatic rings. The largest absolute Gasteiger partial charge is 0.499 e. The average Bonchev–Trinajstić information content (AvgIpc) is 2.55. The van der Waals surface area contributed by atoms with Crippen molar-refractivity contribution >= 4 is 8.56 Å². The number of allylic oxidation sites excluding steroid dienone is 4. The van der Waals surface area contributed by atoms with Crippen molar-refractivity contribution in [1.82, 2.24) is 0 Å². The Kier molecular flexibility index (Phi) is 13.2. The number of rotatable bonds is 14. The van der Waals surface area contributed by atoms with E-state index < -0.39 is 8.56 Å². The third-order valence-corrected chi connectivity index (χ3v) is 7.55. The maximum atomic E-state index is 6.11. The normalized spacial score (nSPS) is 13.3. The highest BCUT2D eigenvalue weighted by Gasteiger charge is 2.36. The Morgan fingerprint density at radius 3 is 1.48 bits per heavy atom. The van der Waals surface area contributed by atoms with E-state index in [2.05, 4.69) is 0 Å². The van der Waals surface area contributed by atoms with Gasteiger partial charge in [0.1, 0.15) is 0 Å². The second-order valence-corrected chi connectivity index (χ2v) is 8.88. The summed E-state index contributed by atoms with van der Waals surface area (Å²) in [7, 11) is -2.16. The Hall–Kier alpha value is -0.783. The fourth-order valence-corrected chi connectivity index (χ4v) is 5.63. The Balaban J connectivity index is 4.43. The van der Waals surface area contributed by atoms with Gasteiger partial charge in [-0.1, -0.05) is 12.2 Å². The molecule has 0 bridgehead atoms. The zero-order valence-corrected chi connectivity index (χ0v) is 16.9. The van der Waals surface area contributed by atoms with E-state index in [1.54, 1.807) is 0 Å². The van der Waals surface area contributed by atoms with Crippen molar-refractivity contribution in [3.8, 4) is 0 Å². The van der Waals surface area contributed by atoms with Crippen molar-refractivity contribution < 1.29 is 18.3 Å². The molecule has 0 aliphatic rings. The summed E-state index contributed by atoms with van der Waals surface area (Å²) in [4.78, 5) is 0. The van der Waals surface area contributed by atoms with Crippen molar-refractivity contribution in [2.24, 2.45) is 0 Å². The highest BCUT2D eigenvalue weighted by atomic mass is 28.4. The highest BCUT2D eigenvalue weighted by molar-refractivity contribution is 6.67. The Bertz CT molecular complexity index is 319.